The van der Waals surface area contributed by atoms with E-state index in [1.54, 1.807) is 12.1 Å². The standard InChI is InChI=1S/C20H17BrN2O3S/c1-12-5-3-8-16(20(25)26-2)18(12)23-17(24)10-15-11-27-19(22-15)13-6-4-7-14(21)9-13/h3-9,11H,10H2,1-2H3,(H,23,24). The number of rotatable bonds is 5. The maximum atomic E-state index is 12.5. The Bertz CT molecular complexity index is 1000. The van der Waals surface area contributed by atoms with Crippen molar-refractivity contribution in [2.75, 3.05) is 12.4 Å². The van der Waals surface area contributed by atoms with E-state index >= 15 is 0 Å². The molecule has 0 atom stereocenters. The highest BCUT2D eigenvalue weighted by molar-refractivity contribution is 9.10. The molecule has 1 N–H and O–H groups in total. The Morgan fingerprint density at radius 1 is 1.22 bits per heavy atom. The second-order valence-corrected chi connectivity index (χ2v) is 7.64. The van der Waals surface area contributed by atoms with E-state index in [4.69, 9.17) is 4.74 Å². The number of aromatic nitrogens is 1. The molecule has 0 radical (unpaired) electrons. The van der Waals surface area contributed by atoms with Gasteiger partial charge >= 0.3 is 5.97 Å². The van der Waals surface area contributed by atoms with E-state index in [1.807, 2.05) is 42.6 Å². The fraction of sp³-hybridized carbons (Fsp3) is 0.150. The van der Waals surface area contributed by atoms with Gasteiger partial charge in [0.1, 0.15) is 5.01 Å². The summed E-state index contributed by atoms with van der Waals surface area (Å²) >= 11 is 4.94. The van der Waals surface area contributed by atoms with Gasteiger partial charge in [0, 0.05) is 15.4 Å². The molecule has 0 unspecified atom stereocenters. The van der Waals surface area contributed by atoms with E-state index in [0.717, 1.165) is 20.6 Å². The molecule has 1 aromatic heterocycles. The number of thiazole rings is 1. The number of nitrogens with one attached hydrogen (secondary N) is 1. The Kier molecular flexibility index (Phi) is 6.03. The van der Waals surface area contributed by atoms with Crippen LogP contribution in [0.1, 0.15) is 21.6 Å². The van der Waals surface area contributed by atoms with Crippen LogP contribution in [0.4, 0.5) is 5.69 Å². The number of methoxy groups -OCH3 is 1. The van der Waals surface area contributed by atoms with Crippen LogP contribution in [0.15, 0.2) is 52.3 Å². The van der Waals surface area contributed by atoms with E-state index in [9.17, 15) is 9.59 Å². The van der Waals surface area contributed by atoms with E-state index in [0.29, 0.717) is 16.9 Å². The highest BCUT2D eigenvalue weighted by Gasteiger charge is 2.17. The van der Waals surface area contributed by atoms with Crippen LogP contribution in [0.2, 0.25) is 0 Å². The van der Waals surface area contributed by atoms with Crippen molar-refractivity contribution in [3.63, 3.8) is 0 Å². The third-order valence-electron chi connectivity index (χ3n) is 3.91. The second kappa shape index (κ2) is 8.45. The number of ether oxygens (including phenoxy) is 1. The largest absolute Gasteiger partial charge is 0.465 e. The maximum Gasteiger partial charge on any atom is 0.339 e. The summed E-state index contributed by atoms with van der Waals surface area (Å²) in [6, 6.07) is 13.1. The van der Waals surface area contributed by atoms with Crippen molar-refractivity contribution >= 4 is 44.8 Å². The third-order valence-corrected chi connectivity index (χ3v) is 5.34. The number of amides is 1. The molecule has 0 spiro atoms. The molecule has 27 heavy (non-hydrogen) atoms. The highest BCUT2D eigenvalue weighted by atomic mass is 79.9. The first-order valence-electron chi connectivity index (χ1n) is 8.16. The number of hydrogen-bond donors (Lipinski definition) is 1. The Hall–Kier alpha value is -2.51. The lowest BCUT2D eigenvalue weighted by Crippen LogP contribution is -2.18. The van der Waals surface area contributed by atoms with E-state index in [2.05, 4.69) is 26.2 Å². The van der Waals surface area contributed by atoms with Gasteiger partial charge in [0.15, 0.2) is 0 Å². The molecule has 1 amide bonds. The Labute approximate surface area is 169 Å². The minimum atomic E-state index is -0.486. The van der Waals surface area contributed by atoms with Crippen LogP contribution in [0.25, 0.3) is 10.6 Å². The van der Waals surface area contributed by atoms with Crippen LogP contribution in [-0.2, 0) is 16.0 Å². The fourth-order valence-electron chi connectivity index (χ4n) is 2.60. The van der Waals surface area contributed by atoms with Crippen LogP contribution < -0.4 is 5.32 Å². The Morgan fingerprint density at radius 2 is 2.00 bits per heavy atom. The van der Waals surface area contributed by atoms with Gasteiger partial charge in [-0.2, -0.15) is 0 Å². The van der Waals surface area contributed by atoms with E-state index < -0.39 is 5.97 Å². The number of nitrogens with zero attached hydrogens (tertiary/aromatic N) is 1. The summed E-state index contributed by atoms with van der Waals surface area (Å²) < 4.78 is 5.77. The fourth-order valence-corrected chi connectivity index (χ4v) is 3.82. The number of esters is 1. The number of carbonyl (C=O) groups excluding carboxylic acids is 2. The number of halogens is 1. The maximum absolute atomic E-state index is 12.5. The molecular weight excluding hydrogens is 428 g/mol. The van der Waals surface area contributed by atoms with Crippen molar-refractivity contribution in [2.24, 2.45) is 0 Å². The molecular formula is C20H17BrN2O3S. The zero-order valence-corrected chi connectivity index (χ0v) is 17.2. The van der Waals surface area contributed by atoms with Gasteiger partial charge in [0.2, 0.25) is 5.91 Å². The summed E-state index contributed by atoms with van der Waals surface area (Å²) in [4.78, 5) is 29.0. The van der Waals surface area contributed by atoms with Crippen LogP contribution in [0.3, 0.4) is 0 Å². The molecule has 0 aliphatic heterocycles. The van der Waals surface area contributed by atoms with Crippen LogP contribution in [0, 0.1) is 6.92 Å². The summed E-state index contributed by atoms with van der Waals surface area (Å²) in [5.41, 5.74) is 3.27. The molecule has 0 fully saturated rings. The van der Waals surface area contributed by atoms with Crippen molar-refractivity contribution < 1.29 is 14.3 Å². The van der Waals surface area contributed by atoms with Crippen molar-refractivity contribution in [2.45, 2.75) is 13.3 Å². The quantitative estimate of drug-likeness (QED) is 0.571. The van der Waals surface area contributed by atoms with Gasteiger partial charge in [-0.3, -0.25) is 4.79 Å². The summed E-state index contributed by atoms with van der Waals surface area (Å²) in [5.74, 6) is -0.722. The Morgan fingerprint density at radius 3 is 2.74 bits per heavy atom. The summed E-state index contributed by atoms with van der Waals surface area (Å²) in [6.45, 7) is 1.83. The molecule has 0 aliphatic rings. The summed E-state index contributed by atoms with van der Waals surface area (Å²) in [5, 5.41) is 5.54. The van der Waals surface area contributed by atoms with Gasteiger partial charge < -0.3 is 10.1 Å². The average Bonchev–Trinajstić information content (AvgIpc) is 3.11. The highest BCUT2D eigenvalue weighted by Crippen LogP contribution is 2.27. The van der Waals surface area contributed by atoms with Crippen molar-refractivity contribution in [1.29, 1.82) is 0 Å². The van der Waals surface area contributed by atoms with Crippen molar-refractivity contribution in [1.82, 2.24) is 4.98 Å². The Balaban J connectivity index is 1.75. The summed E-state index contributed by atoms with van der Waals surface area (Å²) in [7, 11) is 1.31. The number of carbonyl (C=O) groups is 2. The van der Waals surface area contributed by atoms with Crippen LogP contribution in [-0.4, -0.2) is 24.0 Å². The minimum absolute atomic E-state index is 0.124. The number of anilines is 1. The SMILES string of the molecule is COC(=O)c1cccc(C)c1NC(=O)Cc1csc(-c2cccc(Br)c2)n1. The van der Waals surface area contributed by atoms with Gasteiger partial charge in [-0.15, -0.1) is 11.3 Å². The van der Waals surface area contributed by atoms with Gasteiger partial charge in [0.05, 0.1) is 30.5 Å². The molecule has 0 saturated carbocycles. The predicted molar refractivity (Wildman–Crippen MR) is 110 cm³/mol. The first kappa shape index (κ1) is 19.3. The third kappa shape index (κ3) is 4.61. The molecule has 0 aliphatic carbocycles. The minimum Gasteiger partial charge on any atom is -0.465 e. The number of aryl methyl sites for hydroxylation is 1. The monoisotopic (exact) mass is 444 g/mol. The lowest BCUT2D eigenvalue weighted by Gasteiger charge is -2.12. The van der Waals surface area contributed by atoms with Crippen LogP contribution >= 0.6 is 27.3 Å². The molecule has 7 heteroatoms. The van der Waals surface area contributed by atoms with Gasteiger partial charge in [-0.1, -0.05) is 40.2 Å². The number of benzene rings is 2. The predicted octanol–water partition coefficient (Wildman–Crippen LogP) is 4.85. The van der Waals surface area contributed by atoms with Crippen LogP contribution in [0.5, 0.6) is 0 Å². The molecule has 2 aromatic carbocycles. The number of para-hydroxylation sites is 1. The molecule has 3 aromatic rings. The number of hydrogen-bond acceptors (Lipinski definition) is 5. The first-order chi connectivity index (χ1) is 13.0. The molecule has 138 valence electrons. The summed E-state index contributed by atoms with van der Waals surface area (Å²) in [6.07, 6.45) is 0.124. The average molecular weight is 445 g/mol. The van der Waals surface area contributed by atoms with Gasteiger partial charge in [0.25, 0.3) is 0 Å². The van der Waals surface area contributed by atoms with Crippen molar-refractivity contribution in [3.8, 4) is 10.6 Å². The normalized spacial score (nSPS) is 10.5. The van der Waals surface area contributed by atoms with Gasteiger partial charge in [-0.25, -0.2) is 9.78 Å². The molecule has 3 rings (SSSR count). The van der Waals surface area contributed by atoms with E-state index in [1.165, 1.54) is 18.4 Å². The first-order valence-corrected chi connectivity index (χ1v) is 9.83. The molecule has 0 bridgehead atoms. The molecule has 1 heterocycles. The van der Waals surface area contributed by atoms with Crippen molar-refractivity contribution in [3.05, 3.63) is 69.1 Å². The zero-order chi connectivity index (χ0) is 19.4. The second-order valence-electron chi connectivity index (χ2n) is 5.87. The van der Waals surface area contributed by atoms with Gasteiger partial charge in [-0.05, 0) is 30.7 Å². The molecule has 5 nitrogen and oxygen atoms in total. The van der Waals surface area contributed by atoms with E-state index in [-0.39, 0.29) is 12.3 Å². The smallest absolute Gasteiger partial charge is 0.339 e. The molecule has 0 saturated heterocycles. The lowest BCUT2D eigenvalue weighted by molar-refractivity contribution is -0.115. The lowest BCUT2D eigenvalue weighted by atomic mass is 10.1. The zero-order valence-electron chi connectivity index (χ0n) is 14.8. The topological polar surface area (TPSA) is 68.3 Å².